The maximum atomic E-state index is 13.6. The summed E-state index contributed by atoms with van der Waals surface area (Å²) in [6.45, 7) is 12.4. The van der Waals surface area contributed by atoms with Crippen LogP contribution < -0.4 is 5.46 Å². The van der Waals surface area contributed by atoms with Gasteiger partial charge in [-0.3, -0.25) is 4.79 Å². The van der Waals surface area contributed by atoms with Crippen molar-refractivity contribution in [1.82, 2.24) is 0 Å². The molecule has 558 valence electrons. The van der Waals surface area contributed by atoms with E-state index in [4.69, 9.17) is 39.8 Å². The highest BCUT2D eigenvalue weighted by molar-refractivity contribution is 9.11. The van der Waals surface area contributed by atoms with Gasteiger partial charge in [0.25, 0.3) is 0 Å². The van der Waals surface area contributed by atoms with Crippen LogP contribution in [0.1, 0.15) is 174 Å². The molecule has 2 aliphatic heterocycles. The first-order valence-corrected chi connectivity index (χ1v) is 43.1. The molecule has 4 aliphatic carbocycles. The minimum Gasteiger partial charge on any atom is -0.399 e. The maximum absolute atomic E-state index is 13.6. The average molecular weight is 1760 g/mol. The van der Waals surface area contributed by atoms with E-state index in [1.54, 1.807) is 44.2 Å². The van der Waals surface area contributed by atoms with Crippen LogP contribution in [-0.4, -0.2) is 121 Å². The van der Waals surface area contributed by atoms with Crippen LogP contribution in [-0.2, 0) is 62.9 Å². The molecule has 19 nitrogen and oxygen atoms in total. The topological polar surface area (TPSA) is 326 Å². The second kappa shape index (κ2) is 36.4. The minimum atomic E-state index is -3.41. The molecule has 103 heavy (non-hydrogen) atoms. The van der Waals surface area contributed by atoms with E-state index in [2.05, 4.69) is 63.7 Å². The van der Waals surface area contributed by atoms with Gasteiger partial charge in [0.05, 0.1) is 100 Å². The summed E-state index contributed by atoms with van der Waals surface area (Å²) in [5.41, 5.74) is -0.865. The van der Waals surface area contributed by atoms with Gasteiger partial charge in [-0.05, 0) is 285 Å². The molecule has 1 spiro atoms. The van der Waals surface area contributed by atoms with Crippen LogP contribution in [0.25, 0.3) is 0 Å². The van der Waals surface area contributed by atoms with E-state index in [-0.39, 0.29) is 84.9 Å². The molecule has 2 heterocycles. The molecule has 0 amide bonds. The van der Waals surface area contributed by atoms with Gasteiger partial charge in [-0.1, -0.05) is 13.5 Å². The molecule has 0 atom stereocenters. The Morgan fingerprint density at radius 1 is 0.456 bits per heavy atom. The van der Waals surface area contributed by atoms with Crippen molar-refractivity contribution in [2.75, 3.05) is 36.2 Å². The average Bonchev–Trinajstić information content (AvgIpc) is 1.68. The highest BCUT2D eigenvalue weighted by Gasteiger charge is 2.52. The first kappa shape index (κ1) is 87.0. The number of ether oxygens (including phenoxy) is 2. The lowest BCUT2D eigenvalue weighted by molar-refractivity contribution is -0.181. The summed E-state index contributed by atoms with van der Waals surface area (Å²) >= 11 is 12.9. The molecule has 0 aromatic heterocycles. The number of nitrogens with zero attached hydrogens (tertiary/aromatic N) is 4. The van der Waals surface area contributed by atoms with Gasteiger partial charge < -0.3 is 29.0 Å². The summed E-state index contributed by atoms with van der Waals surface area (Å²) in [5.74, 6) is -0.909. The summed E-state index contributed by atoms with van der Waals surface area (Å²) in [6.07, 6.45) is 10.7. The maximum Gasteiger partial charge on any atom is 0.497 e. The summed E-state index contributed by atoms with van der Waals surface area (Å²) in [7, 11) is -14.4. The van der Waals surface area contributed by atoms with Crippen molar-refractivity contribution >= 4 is 121 Å². The molecule has 6 fully saturated rings. The molecule has 0 unspecified atom stereocenters. The fourth-order valence-corrected chi connectivity index (χ4v) is 20.8. The van der Waals surface area contributed by atoms with Gasteiger partial charge in [0.1, 0.15) is 41.7 Å². The third-order valence-corrected chi connectivity index (χ3v) is 30.0. The van der Waals surface area contributed by atoms with E-state index in [0.29, 0.717) is 130 Å². The zero-order valence-corrected chi connectivity index (χ0v) is 67.1. The number of carbonyl (C=O) groups is 1. The molecule has 4 saturated carbocycles. The molecular weight excluding hydrogens is 1670 g/mol. The van der Waals surface area contributed by atoms with E-state index in [1.807, 2.05) is 52.0 Å². The van der Waals surface area contributed by atoms with Crippen LogP contribution in [0.15, 0.2) is 128 Å². The van der Waals surface area contributed by atoms with E-state index >= 15 is 0 Å². The van der Waals surface area contributed by atoms with Gasteiger partial charge >= 0.3 is 7.12 Å². The number of Topliss-reactive ketones (excluding diaryl/α,β-unsaturated/α-hetero) is 1. The second-order valence-corrected chi connectivity index (χ2v) is 39.9. The van der Waals surface area contributed by atoms with Gasteiger partial charge in [0.15, 0.2) is 45.1 Å². The largest absolute Gasteiger partial charge is 0.497 e. The predicted molar refractivity (Wildman–Crippen MR) is 401 cm³/mol. The molecule has 0 radical (unpaired) electrons. The number of halogens is 6. The van der Waals surface area contributed by atoms with Gasteiger partial charge in [0.2, 0.25) is 0 Å². The number of hydrogen-bond acceptors (Lipinski definition) is 19. The van der Waals surface area contributed by atoms with E-state index in [0.717, 1.165) is 31.7 Å². The van der Waals surface area contributed by atoms with Crippen LogP contribution in [0.5, 0.6) is 0 Å². The molecule has 11 rings (SSSR count). The van der Waals surface area contributed by atoms with Crippen LogP contribution in [0.4, 0.5) is 8.78 Å². The molecule has 0 bridgehead atoms. The zero-order chi connectivity index (χ0) is 75.4. The Balaban J connectivity index is 0.000000202. The Morgan fingerprint density at radius 3 is 1.02 bits per heavy atom. The first-order valence-electron chi connectivity index (χ1n) is 33.3. The fourth-order valence-electron chi connectivity index (χ4n) is 12.6. The molecule has 5 aromatic carbocycles. The van der Waals surface area contributed by atoms with Gasteiger partial charge in [0, 0.05) is 55.1 Å². The van der Waals surface area contributed by atoms with Crippen LogP contribution in [0.3, 0.4) is 0 Å². The third kappa shape index (κ3) is 24.3. The minimum absolute atomic E-state index is 0. The van der Waals surface area contributed by atoms with Crippen LogP contribution in [0.2, 0.25) is 0 Å². The lowest BCUT2D eigenvalue weighted by Gasteiger charge is -2.35. The standard InChI is InChI=1S/C16H18BrNO4S.2C15H18BrNO3S.C14H14BrNO3S.C12H15BF2O2.CH4/c17-15-2-1-14(9-13(15)10-18)23(19,20)11-12-3-5-16(6-4-12)21-7-8-22-16;2*1-15(18)6-4-11(5-7-15)10-21(19,20)13-2-3-14(16)12(8-13)9-17;15-14-6-5-13(7-11(14)8-16)20(18,19)9-10-1-3-12(17)4-2-10;1-11(2)12(3,4)17-13(16-11)9-6-5-8(14)7-10(9)15;/h1-2,9,12H,3-8,11H2;2*2-3,8,11,18H,4-7,10H2,1H3;5-7,10H,1-4,9H2;5-7H,1-4H3;1H4. The van der Waals surface area contributed by atoms with E-state index in [1.165, 1.54) is 54.6 Å². The summed E-state index contributed by atoms with van der Waals surface area (Å²) in [4.78, 5) is 12.0. The number of benzene rings is 5. The molecule has 2 saturated heterocycles. The SMILES string of the molecule is C.CC1(C)OB(c2ccc(F)cc2F)OC1(C)C.CC1(O)CCC(CS(=O)(=O)c2ccc(Br)c(C#N)c2)CC1.CC1(O)CCC(CS(=O)(=O)c2ccc(Br)c(C#N)c2)CC1.N#Cc1cc(S(=O)(=O)CC2CCC(=O)CC2)ccc1Br.N#Cc1cc(S(=O)(=O)CC2CCC3(CC2)OCCO3)ccc1Br. The Morgan fingerprint density at radius 2 is 0.738 bits per heavy atom. The Bertz CT molecular complexity index is 4360. The lowest BCUT2D eigenvalue weighted by atomic mass is 9.79. The number of hydrogen-bond donors (Lipinski definition) is 2. The van der Waals surface area contributed by atoms with Crippen molar-refractivity contribution in [3.63, 3.8) is 0 Å². The Kier molecular flexibility index (Phi) is 30.7. The predicted octanol–water partition coefficient (Wildman–Crippen LogP) is 14.9. The van der Waals surface area contributed by atoms with Crippen molar-refractivity contribution < 1.29 is 76.2 Å². The quantitative estimate of drug-likeness (QED) is 0.103. The highest BCUT2D eigenvalue weighted by atomic mass is 79.9. The summed E-state index contributed by atoms with van der Waals surface area (Å²) in [6, 6.07) is 29.5. The number of aliphatic hydroxyl groups is 2. The molecule has 30 heteroatoms. The summed E-state index contributed by atoms with van der Waals surface area (Å²) < 4.78 is 151. The number of ketones is 1. The summed E-state index contributed by atoms with van der Waals surface area (Å²) in [5, 5.41) is 55.8. The molecule has 6 aliphatic rings. The van der Waals surface area contributed by atoms with Crippen molar-refractivity contribution in [1.29, 1.82) is 21.0 Å². The molecule has 2 N–H and O–H groups in total. The smallest absolute Gasteiger partial charge is 0.399 e. The zero-order valence-electron chi connectivity index (χ0n) is 57.5. The second-order valence-electron chi connectivity index (χ2n) is 28.3. The number of rotatable bonds is 13. The number of nitriles is 4. The van der Waals surface area contributed by atoms with Crippen molar-refractivity contribution in [2.45, 2.75) is 199 Å². The van der Waals surface area contributed by atoms with Crippen molar-refractivity contribution in [3.05, 3.63) is 143 Å². The first-order chi connectivity index (χ1) is 47.6. The normalized spacial score (nSPS) is 22.4. The Labute approximate surface area is 639 Å². The Hall–Kier alpha value is -4.87. The van der Waals surface area contributed by atoms with E-state index < -0.39 is 86.3 Å². The third-order valence-electron chi connectivity index (χ3n) is 19.7. The monoisotopic (exact) mass is 1750 g/mol. The van der Waals surface area contributed by atoms with Gasteiger partial charge in [-0.25, -0.2) is 42.5 Å². The molecular formula is C73H87BBr4F2N4O15S4. The lowest BCUT2D eigenvalue weighted by Crippen LogP contribution is -2.41. The van der Waals surface area contributed by atoms with E-state index in [9.17, 15) is 57.5 Å². The van der Waals surface area contributed by atoms with Gasteiger partial charge in [-0.15, -0.1) is 0 Å². The van der Waals surface area contributed by atoms with Crippen LogP contribution in [0, 0.1) is 80.6 Å². The van der Waals surface area contributed by atoms with Crippen molar-refractivity contribution in [2.24, 2.45) is 23.7 Å². The van der Waals surface area contributed by atoms with Crippen molar-refractivity contribution in [3.8, 4) is 24.3 Å². The number of sulfone groups is 4. The fraction of sp³-hybridized carbons (Fsp3) is 0.521. The van der Waals surface area contributed by atoms with Crippen LogP contribution >= 0.6 is 63.7 Å². The number of carbonyl (C=O) groups excluding carboxylic acids is 1. The van der Waals surface area contributed by atoms with Gasteiger partial charge in [-0.2, -0.15) is 21.0 Å². The molecule has 5 aromatic rings. The highest BCUT2D eigenvalue weighted by Crippen LogP contribution is 2.41.